The van der Waals surface area contributed by atoms with Gasteiger partial charge in [0.15, 0.2) is 0 Å². The summed E-state index contributed by atoms with van der Waals surface area (Å²) in [6, 6.07) is -0.274. The SMILES string of the molecule is CC1CCCC1CNC(=O)C1CNC(=O)CN1. The van der Waals surface area contributed by atoms with Gasteiger partial charge in [-0.2, -0.15) is 0 Å². The molecule has 3 unspecified atom stereocenters. The maximum absolute atomic E-state index is 11.8. The smallest absolute Gasteiger partial charge is 0.238 e. The molecular weight excluding hydrogens is 218 g/mol. The van der Waals surface area contributed by atoms with Crippen LogP contribution in [-0.2, 0) is 9.59 Å². The zero-order valence-corrected chi connectivity index (χ0v) is 10.3. The highest BCUT2D eigenvalue weighted by atomic mass is 16.2. The molecule has 1 aliphatic carbocycles. The summed E-state index contributed by atoms with van der Waals surface area (Å²) in [4.78, 5) is 22.8. The van der Waals surface area contributed by atoms with Gasteiger partial charge in [-0.1, -0.05) is 19.8 Å². The van der Waals surface area contributed by atoms with Crippen molar-refractivity contribution in [2.75, 3.05) is 19.6 Å². The van der Waals surface area contributed by atoms with Gasteiger partial charge in [-0.15, -0.1) is 0 Å². The van der Waals surface area contributed by atoms with Gasteiger partial charge in [-0.05, 0) is 18.3 Å². The van der Waals surface area contributed by atoms with E-state index >= 15 is 0 Å². The molecule has 2 fully saturated rings. The van der Waals surface area contributed by atoms with Crippen LogP contribution in [0, 0.1) is 11.8 Å². The van der Waals surface area contributed by atoms with Crippen molar-refractivity contribution < 1.29 is 9.59 Å². The Hall–Kier alpha value is -1.10. The number of hydrogen-bond donors (Lipinski definition) is 3. The molecule has 2 rings (SSSR count). The molecule has 1 saturated carbocycles. The first kappa shape index (κ1) is 12.4. The second-order valence-corrected chi connectivity index (χ2v) is 5.15. The van der Waals surface area contributed by atoms with Crippen LogP contribution in [0.1, 0.15) is 26.2 Å². The van der Waals surface area contributed by atoms with Gasteiger partial charge in [0.05, 0.1) is 6.54 Å². The summed E-state index contributed by atoms with van der Waals surface area (Å²) in [5.41, 5.74) is 0. The van der Waals surface area contributed by atoms with E-state index in [9.17, 15) is 9.59 Å². The molecular formula is C12H21N3O2. The largest absolute Gasteiger partial charge is 0.354 e. The fourth-order valence-electron chi connectivity index (χ4n) is 2.63. The van der Waals surface area contributed by atoms with Gasteiger partial charge in [0.25, 0.3) is 0 Å². The lowest BCUT2D eigenvalue weighted by Gasteiger charge is -2.24. The van der Waals surface area contributed by atoms with Gasteiger partial charge in [-0.25, -0.2) is 0 Å². The zero-order valence-electron chi connectivity index (χ0n) is 10.3. The molecule has 96 valence electrons. The molecule has 2 amide bonds. The molecule has 0 aromatic carbocycles. The summed E-state index contributed by atoms with van der Waals surface area (Å²) in [6.07, 6.45) is 3.77. The maximum Gasteiger partial charge on any atom is 0.238 e. The van der Waals surface area contributed by atoms with Crippen molar-refractivity contribution in [1.82, 2.24) is 16.0 Å². The van der Waals surface area contributed by atoms with Crippen molar-refractivity contribution in [3.8, 4) is 0 Å². The van der Waals surface area contributed by atoms with Crippen molar-refractivity contribution in [1.29, 1.82) is 0 Å². The lowest BCUT2D eigenvalue weighted by molar-refractivity contribution is -0.126. The number of amides is 2. The molecule has 2 aliphatic rings. The van der Waals surface area contributed by atoms with Crippen LogP contribution in [0.4, 0.5) is 0 Å². The highest BCUT2D eigenvalue weighted by molar-refractivity contribution is 5.86. The summed E-state index contributed by atoms with van der Waals surface area (Å²) in [6.45, 7) is 3.65. The highest BCUT2D eigenvalue weighted by Crippen LogP contribution is 2.30. The third-order valence-electron chi connectivity index (χ3n) is 3.91. The van der Waals surface area contributed by atoms with Crippen molar-refractivity contribution in [3.63, 3.8) is 0 Å². The summed E-state index contributed by atoms with van der Waals surface area (Å²) in [5.74, 6) is 1.30. The Labute approximate surface area is 102 Å². The van der Waals surface area contributed by atoms with Crippen LogP contribution < -0.4 is 16.0 Å². The van der Waals surface area contributed by atoms with E-state index in [-0.39, 0.29) is 24.4 Å². The van der Waals surface area contributed by atoms with Crippen LogP contribution in [0.15, 0.2) is 0 Å². The molecule has 0 aromatic heterocycles. The minimum Gasteiger partial charge on any atom is -0.354 e. The van der Waals surface area contributed by atoms with Gasteiger partial charge < -0.3 is 10.6 Å². The molecule has 5 heteroatoms. The third-order valence-corrected chi connectivity index (χ3v) is 3.91. The Bertz CT molecular complexity index is 296. The fraction of sp³-hybridized carbons (Fsp3) is 0.833. The molecule has 0 bridgehead atoms. The summed E-state index contributed by atoms with van der Waals surface area (Å²) in [7, 11) is 0. The van der Waals surface area contributed by atoms with Crippen LogP contribution in [0.5, 0.6) is 0 Å². The van der Waals surface area contributed by atoms with E-state index in [0.717, 1.165) is 6.54 Å². The first-order chi connectivity index (χ1) is 8.16. The summed E-state index contributed by atoms with van der Waals surface area (Å²) >= 11 is 0. The van der Waals surface area contributed by atoms with Crippen LogP contribution in [-0.4, -0.2) is 37.5 Å². The van der Waals surface area contributed by atoms with E-state index in [1.807, 2.05) is 0 Å². The molecule has 0 radical (unpaired) electrons. The number of nitrogens with one attached hydrogen (secondary N) is 3. The standard InChI is InChI=1S/C12H21N3O2/c1-8-3-2-4-9(8)5-15-12(17)10-6-14-11(16)7-13-10/h8-10,13H,2-7H2,1H3,(H,14,16)(H,15,17). The van der Waals surface area contributed by atoms with Crippen LogP contribution >= 0.6 is 0 Å². The molecule has 17 heavy (non-hydrogen) atoms. The molecule has 1 saturated heterocycles. The Balaban J connectivity index is 1.71. The molecule has 3 atom stereocenters. The molecule has 5 nitrogen and oxygen atoms in total. The van der Waals surface area contributed by atoms with Crippen molar-refractivity contribution in [3.05, 3.63) is 0 Å². The molecule has 0 aromatic rings. The number of carbonyl (C=O) groups is 2. The van der Waals surface area contributed by atoms with E-state index in [1.165, 1.54) is 19.3 Å². The molecule has 3 N–H and O–H groups in total. The number of rotatable bonds is 3. The van der Waals surface area contributed by atoms with Crippen LogP contribution in [0.2, 0.25) is 0 Å². The second-order valence-electron chi connectivity index (χ2n) is 5.15. The van der Waals surface area contributed by atoms with Gasteiger partial charge in [-0.3, -0.25) is 14.9 Å². The topological polar surface area (TPSA) is 70.2 Å². The van der Waals surface area contributed by atoms with Gasteiger partial charge in [0.1, 0.15) is 6.04 Å². The average Bonchev–Trinajstić information content (AvgIpc) is 2.73. The number of piperazine rings is 1. The minimum absolute atomic E-state index is 0.00380. The monoisotopic (exact) mass is 239 g/mol. The molecule has 1 heterocycles. The Morgan fingerprint density at radius 3 is 2.88 bits per heavy atom. The second kappa shape index (κ2) is 5.49. The van der Waals surface area contributed by atoms with Gasteiger partial charge >= 0.3 is 0 Å². The van der Waals surface area contributed by atoms with Gasteiger partial charge in [0.2, 0.25) is 11.8 Å². The van der Waals surface area contributed by atoms with E-state index < -0.39 is 0 Å². The lowest BCUT2D eigenvalue weighted by Crippen LogP contribution is -2.58. The number of carbonyl (C=O) groups excluding carboxylic acids is 2. The van der Waals surface area contributed by atoms with Crippen molar-refractivity contribution in [2.24, 2.45) is 11.8 Å². The van der Waals surface area contributed by atoms with E-state index in [2.05, 4.69) is 22.9 Å². The summed E-state index contributed by atoms with van der Waals surface area (Å²) in [5, 5.41) is 8.61. The minimum atomic E-state index is -0.274. The predicted molar refractivity (Wildman–Crippen MR) is 64.3 cm³/mol. The van der Waals surface area contributed by atoms with Crippen LogP contribution in [0.3, 0.4) is 0 Å². The lowest BCUT2D eigenvalue weighted by atomic mass is 9.98. The quantitative estimate of drug-likeness (QED) is 0.629. The normalized spacial score (nSPS) is 33.2. The van der Waals surface area contributed by atoms with E-state index in [4.69, 9.17) is 0 Å². The van der Waals surface area contributed by atoms with Crippen LogP contribution in [0.25, 0.3) is 0 Å². The van der Waals surface area contributed by atoms with E-state index in [1.54, 1.807) is 0 Å². The first-order valence-electron chi connectivity index (χ1n) is 6.44. The predicted octanol–water partition coefficient (Wildman–Crippen LogP) is -0.373. The van der Waals surface area contributed by atoms with E-state index in [0.29, 0.717) is 18.4 Å². The maximum atomic E-state index is 11.8. The van der Waals surface area contributed by atoms with Gasteiger partial charge in [0, 0.05) is 13.1 Å². The fourth-order valence-corrected chi connectivity index (χ4v) is 2.63. The molecule has 0 spiro atoms. The average molecular weight is 239 g/mol. The number of hydrogen-bond acceptors (Lipinski definition) is 3. The Morgan fingerprint density at radius 1 is 1.47 bits per heavy atom. The highest BCUT2D eigenvalue weighted by Gasteiger charge is 2.27. The first-order valence-corrected chi connectivity index (χ1v) is 6.44. The molecule has 1 aliphatic heterocycles. The van der Waals surface area contributed by atoms with Crippen molar-refractivity contribution in [2.45, 2.75) is 32.2 Å². The Kier molecular flexibility index (Phi) is 3.99. The Morgan fingerprint density at radius 2 is 2.29 bits per heavy atom. The van der Waals surface area contributed by atoms with Crippen molar-refractivity contribution >= 4 is 11.8 Å². The third kappa shape index (κ3) is 3.19. The summed E-state index contributed by atoms with van der Waals surface area (Å²) < 4.78 is 0. The zero-order chi connectivity index (χ0) is 12.3.